The average molecular weight is 345 g/mol. The Bertz CT molecular complexity index is 744. The Hall–Kier alpha value is -2.01. The number of nitrogens with one attached hydrogen (secondary N) is 1. The molecule has 0 aliphatic heterocycles. The quantitative estimate of drug-likeness (QED) is 0.874. The van der Waals surface area contributed by atoms with Crippen molar-refractivity contribution in [3.05, 3.63) is 66.0 Å². The Labute approximate surface area is 143 Å². The van der Waals surface area contributed by atoms with Crippen molar-refractivity contribution in [2.75, 3.05) is 12.3 Å². The lowest BCUT2D eigenvalue weighted by Gasteiger charge is -2.40. The SMILES string of the molecule is O=C(NCCS(=O)c1ccccc1)C1(c2cccc(F)c2)CCC1. The van der Waals surface area contributed by atoms with E-state index < -0.39 is 16.2 Å². The van der Waals surface area contributed by atoms with E-state index in [1.54, 1.807) is 6.07 Å². The van der Waals surface area contributed by atoms with Crippen molar-refractivity contribution in [3.63, 3.8) is 0 Å². The Morgan fingerprint density at radius 3 is 2.50 bits per heavy atom. The molecule has 1 aliphatic carbocycles. The van der Waals surface area contributed by atoms with Crippen LogP contribution in [0, 0.1) is 5.82 Å². The number of benzene rings is 2. The predicted molar refractivity (Wildman–Crippen MR) is 92.7 cm³/mol. The maximum atomic E-state index is 13.5. The fraction of sp³-hybridized carbons (Fsp3) is 0.316. The van der Waals surface area contributed by atoms with Gasteiger partial charge in [-0.05, 0) is 42.7 Å². The Morgan fingerprint density at radius 2 is 1.88 bits per heavy atom. The molecule has 1 unspecified atom stereocenters. The summed E-state index contributed by atoms with van der Waals surface area (Å²) in [5.41, 5.74) is 0.103. The second kappa shape index (κ2) is 7.26. The first-order valence-electron chi connectivity index (χ1n) is 8.10. The largest absolute Gasteiger partial charge is 0.354 e. The fourth-order valence-corrected chi connectivity index (χ4v) is 4.06. The van der Waals surface area contributed by atoms with E-state index in [1.165, 1.54) is 12.1 Å². The molecule has 1 saturated carbocycles. The van der Waals surface area contributed by atoms with Crippen molar-refractivity contribution in [3.8, 4) is 0 Å². The van der Waals surface area contributed by atoms with E-state index in [2.05, 4.69) is 5.32 Å². The van der Waals surface area contributed by atoms with Crippen LogP contribution in [-0.2, 0) is 21.0 Å². The minimum absolute atomic E-state index is 0.0931. The molecule has 1 N–H and O–H groups in total. The number of carbonyl (C=O) groups is 1. The molecular formula is C19H20FNO2S. The van der Waals surface area contributed by atoms with Crippen molar-refractivity contribution in [1.29, 1.82) is 0 Å². The summed E-state index contributed by atoms with van der Waals surface area (Å²) >= 11 is 0. The summed E-state index contributed by atoms with van der Waals surface area (Å²) in [6.45, 7) is 0.345. The molecule has 1 atom stereocenters. The zero-order valence-electron chi connectivity index (χ0n) is 13.3. The molecule has 2 aromatic rings. The third-order valence-electron chi connectivity index (χ3n) is 4.60. The summed E-state index contributed by atoms with van der Waals surface area (Å²) in [6, 6.07) is 15.5. The molecule has 3 nitrogen and oxygen atoms in total. The molecule has 0 spiro atoms. The van der Waals surface area contributed by atoms with Crippen LogP contribution >= 0.6 is 0 Å². The van der Waals surface area contributed by atoms with Crippen molar-refractivity contribution in [1.82, 2.24) is 5.32 Å². The van der Waals surface area contributed by atoms with Crippen LogP contribution in [0.3, 0.4) is 0 Å². The molecule has 0 aromatic heterocycles. The zero-order valence-corrected chi connectivity index (χ0v) is 14.2. The molecule has 24 heavy (non-hydrogen) atoms. The lowest BCUT2D eigenvalue weighted by atomic mass is 9.64. The normalized spacial score (nSPS) is 16.9. The van der Waals surface area contributed by atoms with Crippen LogP contribution in [0.25, 0.3) is 0 Å². The smallest absolute Gasteiger partial charge is 0.230 e. The Morgan fingerprint density at radius 1 is 1.12 bits per heavy atom. The van der Waals surface area contributed by atoms with Crippen LogP contribution in [0.15, 0.2) is 59.5 Å². The van der Waals surface area contributed by atoms with Gasteiger partial charge < -0.3 is 5.32 Å². The fourth-order valence-electron chi connectivity index (χ4n) is 3.08. The molecule has 0 bridgehead atoms. The van der Waals surface area contributed by atoms with Gasteiger partial charge in [0.05, 0.1) is 16.2 Å². The number of hydrogen-bond acceptors (Lipinski definition) is 2. The average Bonchev–Trinajstić information content (AvgIpc) is 2.54. The lowest BCUT2D eigenvalue weighted by molar-refractivity contribution is -0.129. The van der Waals surface area contributed by atoms with Crippen LogP contribution < -0.4 is 5.32 Å². The van der Waals surface area contributed by atoms with Crippen LogP contribution in [0.4, 0.5) is 4.39 Å². The summed E-state index contributed by atoms with van der Waals surface area (Å²) in [5.74, 6) is -0.0456. The van der Waals surface area contributed by atoms with Crippen LogP contribution in [0.1, 0.15) is 24.8 Å². The van der Waals surface area contributed by atoms with Gasteiger partial charge in [-0.1, -0.05) is 36.8 Å². The van der Waals surface area contributed by atoms with Crippen LogP contribution in [0.2, 0.25) is 0 Å². The number of rotatable bonds is 6. The van der Waals surface area contributed by atoms with Gasteiger partial charge in [0.25, 0.3) is 0 Å². The first kappa shape index (κ1) is 16.8. The maximum Gasteiger partial charge on any atom is 0.230 e. The molecule has 1 aliphatic rings. The minimum Gasteiger partial charge on any atom is -0.354 e. The number of halogens is 1. The molecule has 2 aromatic carbocycles. The number of carbonyl (C=O) groups excluding carboxylic acids is 1. The third-order valence-corrected chi connectivity index (χ3v) is 5.97. The van der Waals surface area contributed by atoms with Crippen molar-refractivity contribution < 1.29 is 13.4 Å². The molecule has 3 rings (SSSR count). The van der Waals surface area contributed by atoms with E-state index in [4.69, 9.17) is 0 Å². The first-order valence-corrected chi connectivity index (χ1v) is 9.41. The monoisotopic (exact) mass is 345 g/mol. The highest BCUT2D eigenvalue weighted by Gasteiger charge is 2.45. The van der Waals surface area contributed by atoms with Gasteiger partial charge in [0, 0.05) is 17.2 Å². The van der Waals surface area contributed by atoms with E-state index in [-0.39, 0.29) is 11.7 Å². The Balaban J connectivity index is 1.61. The first-order chi connectivity index (χ1) is 11.6. The summed E-state index contributed by atoms with van der Waals surface area (Å²) < 4.78 is 25.7. The van der Waals surface area contributed by atoms with Gasteiger partial charge in [0.1, 0.15) is 5.82 Å². The molecule has 0 radical (unpaired) electrons. The topological polar surface area (TPSA) is 46.2 Å². The van der Waals surface area contributed by atoms with Gasteiger partial charge in [-0.2, -0.15) is 0 Å². The minimum atomic E-state index is -1.13. The predicted octanol–water partition coefficient (Wildman–Crippen LogP) is 3.17. The molecule has 0 heterocycles. The highest BCUT2D eigenvalue weighted by atomic mass is 32.2. The standard InChI is InChI=1S/C19H20FNO2S/c20-16-7-4-6-15(14-16)19(10-5-11-19)18(22)21-12-13-24(23)17-8-2-1-3-9-17/h1-4,6-9,14H,5,10-13H2,(H,21,22). The van der Waals surface area contributed by atoms with E-state index in [0.29, 0.717) is 12.3 Å². The van der Waals surface area contributed by atoms with Crippen molar-refractivity contribution in [2.24, 2.45) is 0 Å². The summed E-state index contributed by atoms with van der Waals surface area (Å²) in [6.07, 6.45) is 2.41. The lowest BCUT2D eigenvalue weighted by Crippen LogP contribution is -2.50. The van der Waals surface area contributed by atoms with Gasteiger partial charge in [-0.25, -0.2) is 4.39 Å². The molecule has 126 valence electrons. The van der Waals surface area contributed by atoms with Crippen molar-refractivity contribution >= 4 is 16.7 Å². The molecule has 5 heteroatoms. The second-order valence-corrected chi connectivity index (χ2v) is 7.64. The van der Waals surface area contributed by atoms with Crippen LogP contribution in [0.5, 0.6) is 0 Å². The summed E-state index contributed by atoms with van der Waals surface area (Å²) in [4.78, 5) is 13.4. The number of hydrogen-bond donors (Lipinski definition) is 1. The zero-order chi connectivity index (χ0) is 17.0. The number of amides is 1. The Kier molecular flexibility index (Phi) is 5.09. The summed E-state index contributed by atoms with van der Waals surface area (Å²) in [5, 5.41) is 2.89. The van der Waals surface area contributed by atoms with Gasteiger partial charge >= 0.3 is 0 Å². The highest BCUT2D eigenvalue weighted by Crippen LogP contribution is 2.44. The van der Waals surface area contributed by atoms with E-state index in [0.717, 1.165) is 29.7 Å². The molecule has 0 saturated heterocycles. The molecular weight excluding hydrogens is 325 g/mol. The van der Waals surface area contributed by atoms with Gasteiger partial charge in [-0.15, -0.1) is 0 Å². The van der Waals surface area contributed by atoms with E-state index >= 15 is 0 Å². The second-order valence-electron chi connectivity index (χ2n) is 6.06. The highest BCUT2D eigenvalue weighted by molar-refractivity contribution is 7.85. The van der Waals surface area contributed by atoms with E-state index in [1.807, 2.05) is 36.4 Å². The van der Waals surface area contributed by atoms with Gasteiger partial charge in [-0.3, -0.25) is 9.00 Å². The van der Waals surface area contributed by atoms with Gasteiger partial charge in [0.2, 0.25) is 5.91 Å². The van der Waals surface area contributed by atoms with E-state index in [9.17, 15) is 13.4 Å². The molecule has 1 fully saturated rings. The van der Waals surface area contributed by atoms with Crippen molar-refractivity contribution in [2.45, 2.75) is 29.6 Å². The van der Waals surface area contributed by atoms with Crippen LogP contribution in [-0.4, -0.2) is 22.4 Å². The summed E-state index contributed by atoms with van der Waals surface area (Å²) in [7, 11) is -1.13. The molecule has 1 amide bonds. The van der Waals surface area contributed by atoms with Gasteiger partial charge in [0.15, 0.2) is 0 Å². The third kappa shape index (κ3) is 3.41. The maximum absolute atomic E-state index is 13.5.